The monoisotopic (exact) mass is 450 g/mol. The Morgan fingerprint density at radius 2 is 1.36 bits per heavy atom. The van der Waals surface area contributed by atoms with Crippen molar-refractivity contribution < 1.29 is 16.8 Å². The molecule has 1 saturated heterocycles. The number of benzene rings is 1. The average Bonchev–Trinajstić information content (AvgIpc) is 2.36. The zero-order valence-electron chi connectivity index (χ0n) is 11.5. The van der Waals surface area contributed by atoms with Crippen LogP contribution in [0.25, 0.3) is 0 Å². The molecule has 0 aromatic heterocycles. The van der Waals surface area contributed by atoms with Crippen molar-refractivity contribution in [2.24, 2.45) is 0 Å². The molecule has 1 aromatic rings. The average molecular weight is 452 g/mol. The number of halogens is 3. The van der Waals surface area contributed by atoms with Gasteiger partial charge in [-0.3, -0.25) is 0 Å². The first-order valence-corrected chi connectivity index (χ1v) is 11.0. The van der Waals surface area contributed by atoms with Gasteiger partial charge in [0.15, 0.2) is 0 Å². The number of piperazine rings is 1. The molecule has 0 spiro atoms. The summed E-state index contributed by atoms with van der Waals surface area (Å²) in [5.41, 5.74) is 0. The standard InChI is InChI=1S/C11H13BrCl2N2O4S2/c1-21(17,18)15-2-4-16(5-3-15)22(19,20)11-9(13)6-8(12)7-10(11)14/h6-7H,2-5H2,1H3. The summed E-state index contributed by atoms with van der Waals surface area (Å²) in [5, 5.41) is 0.0369. The minimum Gasteiger partial charge on any atom is -0.213 e. The van der Waals surface area contributed by atoms with Crippen molar-refractivity contribution in [3.05, 3.63) is 26.7 Å². The van der Waals surface area contributed by atoms with E-state index in [1.807, 2.05) is 0 Å². The number of hydrogen-bond donors (Lipinski definition) is 0. The molecule has 11 heteroatoms. The van der Waals surface area contributed by atoms with Gasteiger partial charge in [0.2, 0.25) is 20.0 Å². The Kier molecular flexibility index (Phi) is 5.48. The minimum absolute atomic E-state index is 0.0184. The van der Waals surface area contributed by atoms with Crippen LogP contribution in [0, 0.1) is 0 Å². The summed E-state index contributed by atoms with van der Waals surface area (Å²) in [6, 6.07) is 2.90. The van der Waals surface area contributed by atoms with E-state index in [-0.39, 0.29) is 41.1 Å². The first-order valence-electron chi connectivity index (χ1n) is 6.13. The molecular formula is C11H13BrCl2N2O4S2. The van der Waals surface area contributed by atoms with Crippen molar-refractivity contribution in [2.45, 2.75) is 4.90 Å². The topological polar surface area (TPSA) is 74.8 Å². The predicted molar refractivity (Wildman–Crippen MR) is 89.3 cm³/mol. The highest BCUT2D eigenvalue weighted by Gasteiger charge is 2.34. The molecule has 1 heterocycles. The summed E-state index contributed by atoms with van der Waals surface area (Å²) in [4.78, 5) is -0.160. The van der Waals surface area contributed by atoms with Crippen molar-refractivity contribution in [1.29, 1.82) is 0 Å². The van der Waals surface area contributed by atoms with Gasteiger partial charge in [-0.25, -0.2) is 16.8 Å². The van der Waals surface area contributed by atoms with E-state index in [0.717, 1.165) is 6.26 Å². The summed E-state index contributed by atoms with van der Waals surface area (Å²) in [7, 11) is -7.21. The van der Waals surface area contributed by atoms with Crippen LogP contribution in [-0.2, 0) is 20.0 Å². The van der Waals surface area contributed by atoms with Crippen LogP contribution in [0.15, 0.2) is 21.5 Å². The largest absolute Gasteiger partial charge is 0.246 e. The Balaban J connectivity index is 2.30. The van der Waals surface area contributed by atoms with Gasteiger partial charge in [-0.2, -0.15) is 8.61 Å². The molecule has 0 saturated carbocycles. The van der Waals surface area contributed by atoms with Gasteiger partial charge < -0.3 is 0 Å². The number of rotatable bonds is 3. The Labute approximate surface area is 148 Å². The smallest absolute Gasteiger partial charge is 0.213 e. The van der Waals surface area contributed by atoms with E-state index in [4.69, 9.17) is 23.2 Å². The fourth-order valence-corrected chi connectivity index (χ4v) is 6.28. The highest BCUT2D eigenvalue weighted by molar-refractivity contribution is 9.10. The quantitative estimate of drug-likeness (QED) is 0.704. The lowest BCUT2D eigenvalue weighted by Gasteiger charge is -2.32. The maximum absolute atomic E-state index is 12.7. The van der Waals surface area contributed by atoms with Crippen molar-refractivity contribution in [1.82, 2.24) is 8.61 Å². The molecule has 6 nitrogen and oxygen atoms in total. The fourth-order valence-electron chi connectivity index (χ4n) is 2.15. The summed E-state index contributed by atoms with van der Waals surface area (Å²) in [5.74, 6) is 0. The molecule has 0 N–H and O–H groups in total. The maximum Gasteiger partial charge on any atom is 0.246 e. The molecule has 0 unspecified atom stereocenters. The third-order valence-corrected chi connectivity index (χ3v) is 7.81. The Bertz CT molecular complexity index is 767. The van der Waals surface area contributed by atoms with Gasteiger partial charge in [-0.1, -0.05) is 39.1 Å². The molecule has 1 fully saturated rings. The van der Waals surface area contributed by atoms with Gasteiger partial charge in [-0.15, -0.1) is 0 Å². The molecule has 0 aliphatic carbocycles. The molecule has 0 amide bonds. The Hall–Kier alpha value is 0.1000. The van der Waals surface area contributed by atoms with Crippen molar-refractivity contribution in [2.75, 3.05) is 32.4 Å². The van der Waals surface area contributed by atoms with E-state index >= 15 is 0 Å². The second kappa shape index (κ2) is 6.54. The van der Waals surface area contributed by atoms with E-state index in [0.29, 0.717) is 4.47 Å². The SMILES string of the molecule is CS(=O)(=O)N1CCN(S(=O)(=O)c2c(Cl)cc(Br)cc2Cl)CC1. The molecule has 0 radical (unpaired) electrons. The maximum atomic E-state index is 12.7. The predicted octanol–water partition coefficient (Wildman–Crippen LogP) is 2.02. The van der Waals surface area contributed by atoms with Crippen LogP contribution in [-0.4, -0.2) is 57.9 Å². The van der Waals surface area contributed by atoms with Crippen molar-refractivity contribution in [3.8, 4) is 0 Å². The van der Waals surface area contributed by atoms with E-state index in [2.05, 4.69) is 15.9 Å². The lowest BCUT2D eigenvalue weighted by molar-refractivity contribution is 0.274. The van der Waals surface area contributed by atoms with Gasteiger partial charge in [0, 0.05) is 30.7 Å². The van der Waals surface area contributed by atoms with Gasteiger partial charge in [0.25, 0.3) is 0 Å². The second-order valence-electron chi connectivity index (χ2n) is 4.76. The molecule has 124 valence electrons. The number of nitrogens with zero attached hydrogens (tertiary/aromatic N) is 2. The lowest BCUT2D eigenvalue weighted by atomic mass is 10.4. The van der Waals surface area contributed by atoms with Crippen LogP contribution in [0.3, 0.4) is 0 Å². The third kappa shape index (κ3) is 3.77. The van der Waals surface area contributed by atoms with Crippen LogP contribution in [0.4, 0.5) is 0 Å². The zero-order valence-corrected chi connectivity index (χ0v) is 16.2. The van der Waals surface area contributed by atoms with Gasteiger partial charge in [0.1, 0.15) is 4.90 Å². The minimum atomic E-state index is -3.88. The van der Waals surface area contributed by atoms with Crippen LogP contribution in [0.1, 0.15) is 0 Å². The van der Waals surface area contributed by atoms with Crippen molar-refractivity contribution >= 4 is 59.2 Å². The van der Waals surface area contributed by atoms with E-state index in [1.165, 1.54) is 20.7 Å². The van der Waals surface area contributed by atoms with Gasteiger partial charge >= 0.3 is 0 Å². The highest BCUT2D eigenvalue weighted by atomic mass is 79.9. The molecule has 1 aliphatic heterocycles. The van der Waals surface area contributed by atoms with Crippen LogP contribution in [0.5, 0.6) is 0 Å². The lowest BCUT2D eigenvalue weighted by Crippen LogP contribution is -2.50. The number of hydrogen-bond acceptors (Lipinski definition) is 4. The van der Waals surface area contributed by atoms with Crippen LogP contribution >= 0.6 is 39.1 Å². The summed E-state index contributed by atoms with van der Waals surface area (Å²) in [6.07, 6.45) is 1.10. The summed E-state index contributed by atoms with van der Waals surface area (Å²) in [6.45, 7) is 0.309. The molecule has 0 bridgehead atoms. The first-order chi connectivity index (χ1) is 10.0. The molecule has 2 rings (SSSR count). The Morgan fingerprint density at radius 3 is 1.77 bits per heavy atom. The number of sulfonamides is 2. The zero-order chi connectivity index (χ0) is 16.7. The molecule has 0 atom stereocenters. The second-order valence-corrected chi connectivity index (χ2v) is 10.4. The molecule has 1 aliphatic rings. The highest BCUT2D eigenvalue weighted by Crippen LogP contribution is 2.35. The molecule has 1 aromatic carbocycles. The summed E-state index contributed by atoms with van der Waals surface area (Å²) < 4.78 is 51.3. The normalized spacial score (nSPS) is 18.5. The van der Waals surface area contributed by atoms with E-state index in [9.17, 15) is 16.8 Å². The summed E-state index contributed by atoms with van der Waals surface area (Å²) >= 11 is 15.2. The fraction of sp³-hybridized carbons (Fsp3) is 0.455. The molecular weight excluding hydrogens is 439 g/mol. The third-order valence-electron chi connectivity index (χ3n) is 3.23. The van der Waals surface area contributed by atoms with Gasteiger partial charge in [0.05, 0.1) is 16.3 Å². The van der Waals surface area contributed by atoms with E-state index < -0.39 is 20.0 Å². The van der Waals surface area contributed by atoms with E-state index in [1.54, 1.807) is 0 Å². The van der Waals surface area contributed by atoms with Gasteiger partial charge in [-0.05, 0) is 12.1 Å². The van der Waals surface area contributed by atoms with Crippen LogP contribution < -0.4 is 0 Å². The Morgan fingerprint density at radius 1 is 0.955 bits per heavy atom. The molecule has 22 heavy (non-hydrogen) atoms. The first kappa shape index (κ1) is 18.4. The van der Waals surface area contributed by atoms with Crippen molar-refractivity contribution in [3.63, 3.8) is 0 Å². The van der Waals surface area contributed by atoms with Crippen LogP contribution in [0.2, 0.25) is 10.0 Å².